The summed E-state index contributed by atoms with van der Waals surface area (Å²) in [5, 5.41) is 3.31. The van der Waals surface area contributed by atoms with Crippen molar-refractivity contribution < 1.29 is 0 Å². The molecule has 0 aliphatic carbocycles. The van der Waals surface area contributed by atoms with Gasteiger partial charge in [-0.05, 0) is 18.2 Å². The van der Waals surface area contributed by atoms with Gasteiger partial charge in [0.25, 0.3) is 5.56 Å². The Kier molecular flexibility index (Phi) is 4.67. The van der Waals surface area contributed by atoms with Gasteiger partial charge in [-0.2, -0.15) is 0 Å². The second-order valence-corrected chi connectivity index (χ2v) is 4.05. The van der Waals surface area contributed by atoms with E-state index in [2.05, 4.69) is 10.3 Å². The molecule has 4 heteroatoms. The third-order valence-electron chi connectivity index (χ3n) is 2.71. The van der Waals surface area contributed by atoms with Crippen LogP contribution >= 0.6 is 0 Å². The second kappa shape index (κ2) is 6.71. The van der Waals surface area contributed by atoms with E-state index in [1.165, 1.54) is 0 Å². The lowest BCUT2D eigenvalue weighted by molar-refractivity contribution is 0.584. The van der Waals surface area contributed by atoms with Crippen molar-refractivity contribution in [1.29, 1.82) is 0 Å². The standard InChI is InChI=1S/C14H17N3O/c18-14-6-2-4-11-17(14)12-10-15-9-7-13-5-1-3-8-16-13/h1-6,8,11,15H,7,9-10,12H2. The molecule has 0 aromatic carbocycles. The Labute approximate surface area is 106 Å². The molecule has 0 radical (unpaired) electrons. The van der Waals surface area contributed by atoms with E-state index in [-0.39, 0.29) is 5.56 Å². The van der Waals surface area contributed by atoms with E-state index in [1.807, 2.05) is 30.5 Å². The van der Waals surface area contributed by atoms with Gasteiger partial charge < -0.3 is 9.88 Å². The summed E-state index contributed by atoms with van der Waals surface area (Å²) in [6.45, 7) is 2.36. The zero-order valence-electron chi connectivity index (χ0n) is 10.2. The molecule has 94 valence electrons. The van der Waals surface area contributed by atoms with E-state index in [4.69, 9.17) is 0 Å². The van der Waals surface area contributed by atoms with Gasteiger partial charge in [-0.15, -0.1) is 0 Å². The first-order valence-electron chi connectivity index (χ1n) is 6.12. The Morgan fingerprint density at radius 2 is 2.00 bits per heavy atom. The molecule has 0 atom stereocenters. The van der Waals surface area contributed by atoms with Crippen LogP contribution in [-0.2, 0) is 13.0 Å². The van der Waals surface area contributed by atoms with Gasteiger partial charge in [0.15, 0.2) is 0 Å². The molecule has 2 heterocycles. The smallest absolute Gasteiger partial charge is 0.250 e. The number of hydrogen-bond acceptors (Lipinski definition) is 3. The Morgan fingerprint density at radius 3 is 2.78 bits per heavy atom. The van der Waals surface area contributed by atoms with Gasteiger partial charge in [0.05, 0.1) is 0 Å². The molecule has 0 bridgehead atoms. The predicted octanol–water partition coefficient (Wildman–Crippen LogP) is 1.08. The molecule has 2 rings (SSSR count). The largest absolute Gasteiger partial charge is 0.315 e. The molecule has 0 amide bonds. The monoisotopic (exact) mass is 243 g/mol. The molecule has 0 saturated heterocycles. The van der Waals surface area contributed by atoms with Crippen molar-refractivity contribution in [1.82, 2.24) is 14.9 Å². The zero-order valence-corrected chi connectivity index (χ0v) is 10.2. The third-order valence-corrected chi connectivity index (χ3v) is 2.71. The Balaban J connectivity index is 1.68. The number of aromatic nitrogens is 2. The van der Waals surface area contributed by atoms with Crippen molar-refractivity contribution in [2.24, 2.45) is 0 Å². The summed E-state index contributed by atoms with van der Waals surface area (Å²) in [6, 6.07) is 11.1. The number of nitrogens with zero attached hydrogens (tertiary/aromatic N) is 2. The SMILES string of the molecule is O=c1ccccn1CCNCCc1ccccn1. The molecule has 0 fully saturated rings. The molecule has 2 aromatic rings. The summed E-state index contributed by atoms with van der Waals surface area (Å²) in [5.74, 6) is 0. The maximum Gasteiger partial charge on any atom is 0.250 e. The molecule has 0 unspecified atom stereocenters. The fourth-order valence-corrected chi connectivity index (χ4v) is 1.73. The Bertz CT molecular complexity index is 522. The summed E-state index contributed by atoms with van der Waals surface area (Å²) in [6.07, 6.45) is 4.52. The molecular formula is C14H17N3O. The molecule has 0 aliphatic rings. The lowest BCUT2D eigenvalue weighted by Crippen LogP contribution is -2.27. The first kappa shape index (κ1) is 12.5. The third kappa shape index (κ3) is 3.82. The van der Waals surface area contributed by atoms with Crippen molar-refractivity contribution in [3.63, 3.8) is 0 Å². The molecule has 2 aromatic heterocycles. The van der Waals surface area contributed by atoms with Gasteiger partial charge in [0.1, 0.15) is 0 Å². The normalized spacial score (nSPS) is 10.4. The number of pyridine rings is 2. The van der Waals surface area contributed by atoms with Gasteiger partial charge >= 0.3 is 0 Å². The highest BCUT2D eigenvalue weighted by Crippen LogP contribution is 1.92. The van der Waals surface area contributed by atoms with Gasteiger partial charge in [-0.1, -0.05) is 12.1 Å². The van der Waals surface area contributed by atoms with Gasteiger partial charge in [-0.3, -0.25) is 9.78 Å². The molecule has 0 saturated carbocycles. The Hall–Kier alpha value is -1.94. The van der Waals surface area contributed by atoms with Crippen molar-refractivity contribution >= 4 is 0 Å². The molecular weight excluding hydrogens is 226 g/mol. The van der Waals surface area contributed by atoms with E-state index in [0.717, 1.165) is 25.2 Å². The zero-order chi connectivity index (χ0) is 12.6. The van der Waals surface area contributed by atoms with Crippen LogP contribution in [0.15, 0.2) is 53.6 Å². The van der Waals surface area contributed by atoms with E-state index in [9.17, 15) is 4.79 Å². The van der Waals surface area contributed by atoms with Crippen LogP contribution in [0.4, 0.5) is 0 Å². The fraction of sp³-hybridized carbons (Fsp3) is 0.286. The van der Waals surface area contributed by atoms with Crippen LogP contribution in [0.3, 0.4) is 0 Å². The molecule has 1 N–H and O–H groups in total. The minimum Gasteiger partial charge on any atom is -0.315 e. The summed E-state index contributed by atoms with van der Waals surface area (Å²) >= 11 is 0. The minimum atomic E-state index is 0.0454. The molecule has 0 aliphatic heterocycles. The minimum absolute atomic E-state index is 0.0454. The maximum atomic E-state index is 11.4. The number of nitrogens with one attached hydrogen (secondary N) is 1. The summed E-state index contributed by atoms with van der Waals surface area (Å²) in [7, 11) is 0. The second-order valence-electron chi connectivity index (χ2n) is 4.05. The number of hydrogen-bond donors (Lipinski definition) is 1. The van der Waals surface area contributed by atoms with Crippen molar-refractivity contribution in [2.75, 3.05) is 13.1 Å². The fourth-order valence-electron chi connectivity index (χ4n) is 1.73. The number of rotatable bonds is 6. The van der Waals surface area contributed by atoms with Crippen LogP contribution in [0, 0.1) is 0 Å². The summed E-state index contributed by atoms with van der Waals surface area (Å²) in [5.41, 5.74) is 1.13. The van der Waals surface area contributed by atoms with E-state index in [1.54, 1.807) is 22.9 Å². The topological polar surface area (TPSA) is 46.9 Å². The van der Waals surface area contributed by atoms with Crippen molar-refractivity contribution in [3.8, 4) is 0 Å². The molecule has 18 heavy (non-hydrogen) atoms. The lowest BCUT2D eigenvalue weighted by atomic mass is 10.3. The Morgan fingerprint density at radius 1 is 1.11 bits per heavy atom. The quantitative estimate of drug-likeness (QED) is 0.772. The van der Waals surface area contributed by atoms with Gasteiger partial charge in [0, 0.05) is 50.2 Å². The van der Waals surface area contributed by atoms with Gasteiger partial charge in [0.2, 0.25) is 0 Å². The van der Waals surface area contributed by atoms with Crippen LogP contribution < -0.4 is 10.9 Å². The van der Waals surface area contributed by atoms with E-state index >= 15 is 0 Å². The first-order chi connectivity index (χ1) is 8.86. The molecule has 4 nitrogen and oxygen atoms in total. The highest BCUT2D eigenvalue weighted by atomic mass is 16.1. The van der Waals surface area contributed by atoms with Crippen LogP contribution in [-0.4, -0.2) is 22.6 Å². The predicted molar refractivity (Wildman–Crippen MR) is 71.5 cm³/mol. The lowest BCUT2D eigenvalue weighted by Gasteiger charge is -2.06. The van der Waals surface area contributed by atoms with E-state index in [0.29, 0.717) is 6.54 Å². The molecule has 0 spiro atoms. The van der Waals surface area contributed by atoms with Crippen molar-refractivity contribution in [3.05, 3.63) is 64.8 Å². The van der Waals surface area contributed by atoms with Crippen LogP contribution in [0.2, 0.25) is 0 Å². The highest BCUT2D eigenvalue weighted by Gasteiger charge is 1.95. The average Bonchev–Trinajstić information content (AvgIpc) is 2.42. The van der Waals surface area contributed by atoms with E-state index < -0.39 is 0 Å². The van der Waals surface area contributed by atoms with Crippen LogP contribution in [0.25, 0.3) is 0 Å². The van der Waals surface area contributed by atoms with Crippen LogP contribution in [0.5, 0.6) is 0 Å². The van der Waals surface area contributed by atoms with Gasteiger partial charge in [-0.25, -0.2) is 0 Å². The summed E-state index contributed by atoms with van der Waals surface area (Å²) < 4.78 is 1.70. The average molecular weight is 243 g/mol. The first-order valence-corrected chi connectivity index (χ1v) is 6.12. The summed E-state index contributed by atoms with van der Waals surface area (Å²) in [4.78, 5) is 15.7. The highest BCUT2D eigenvalue weighted by molar-refractivity contribution is 5.03. The van der Waals surface area contributed by atoms with Crippen LogP contribution in [0.1, 0.15) is 5.69 Å². The van der Waals surface area contributed by atoms with Crippen molar-refractivity contribution in [2.45, 2.75) is 13.0 Å². The maximum absolute atomic E-state index is 11.4.